The number of amides is 1. The summed E-state index contributed by atoms with van der Waals surface area (Å²) in [6.45, 7) is 4.10. The van der Waals surface area contributed by atoms with Crippen LogP contribution in [0.1, 0.15) is 43.4 Å². The molecular weight excluding hydrogens is 366 g/mol. The van der Waals surface area contributed by atoms with E-state index >= 15 is 0 Å². The number of carbonyl (C=O) groups is 2. The highest BCUT2D eigenvalue weighted by atomic mass is 16.6. The summed E-state index contributed by atoms with van der Waals surface area (Å²) in [4.78, 5) is 23.1. The number of hydrogen-bond acceptors (Lipinski definition) is 4. The molecule has 0 spiro atoms. The Balaban J connectivity index is 1.82. The zero-order chi connectivity index (χ0) is 21.1. The van der Waals surface area contributed by atoms with Crippen LogP contribution < -0.4 is 14.8 Å². The van der Waals surface area contributed by atoms with Gasteiger partial charge in [0, 0.05) is 19.5 Å². The van der Waals surface area contributed by atoms with E-state index in [9.17, 15) is 9.59 Å². The van der Waals surface area contributed by atoms with Crippen LogP contribution in [-0.4, -0.2) is 25.5 Å². The number of methoxy groups -OCH3 is 1. The summed E-state index contributed by atoms with van der Waals surface area (Å²) in [6, 6.07) is 13.7. The molecule has 2 aromatic rings. The molecule has 1 amide bonds. The maximum Gasteiger partial charge on any atom is 0.308 e. The molecule has 0 aliphatic heterocycles. The monoisotopic (exact) mass is 395 g/mol. The number of esters is 1. The lowest BCUT2D eigenvalue weighted by molar-refractivity contribution is -0.132. The summed E-state index contributed by atoms with van der Waals surface area (Å²) >= 11 is 0. The average Bonchev–Trinajstić information content (AvgIpc) is 2.72. The minimum absolute atomic E-state index is 0.160. The molecule has 0 atom stereocenters. The van der Waals surface area contributed by atoms with Gasteiger partial charge in [0.15, 0.2) is 11.5 Å². The Morgan fingerprint density at radius 3 is 2.31 bits per heavy atom. The van der Waals surface area contributed by atoms with Crippen LogP contribution in [0.5, 0.6) is 11.5 Å². The molecule has 0 fully saturated rings. The van der Waals surface area contributed by atoms with Gasteiger partial charge < -0.3 is 14.8 Å². The van der Waals surface area contributed by atoms with Crippen molar-refractivity contribution in [1.82, 2.24) is 5.32 Å². The molecule has 0 aromatic heterocycles. The lowest BCUT2D eigenvalue weighted by Gasteiger charge is -2.08. The lowest BCUT2D eigenvalue weighted by atomic mass is 10.0. The second-order valence-corrected chi connectivity index (χ2v) is 6.80. The predicted octanol–water partition coefficient (Wildman–Crippen LogP) is 4.34. The van der Waals surface area contributed by atoms with Crippen LogP contribution in [0.3, 0.4) is 0 Å². The Hall–Kier alpha value is -3.08. The van der Waals surface area contributed by atoms with Crippen LogP contribution in [0.25, 0.3) is 6.08 Å². The van der Waals surface area contributed by atoms with Crippen LogP contribution in [-0.2, 0) is 22.4 Å². The fraction of sp³-hybridized carbons (Fsp3) is 0.333. The molecule has 0 saturated heterocycles. The SMILES string of the molecule is CCCCc1ccc(CCNC(=O)/C=C/c2ccc(OC(C)=O)c(OC)c2)cc1. The standard InChI is InChI=1S/C24H29NO4/c1-4-5-6-19-7-9-20(10-8-19)15-16-25-24(27)14-12-21-11-13-22(29-18(2)26)23(17-21)28-3/h7-14,17H,4-6,15-16H2,1-3H3,(H,25,27)/b14-12+. The van der Waals surface area contributed by atoms with E-state index in [2.05, 4.69) is 36.5 Å². The first kappa shape index (κ1) is 22.2. The van der Waals surface area contributed by atoms with Crippen LogP contribution in [0.4, 0.5) is 0 Å². The van der Waals surface area contributed by atoms with Crippen molar-refractivity contribution in [2.24, 2.45) is 0 Å². The van der Waals surface area contributed by atoms with Crippen molar-refractivity contribution in [2.45, 2.75) is 39.5 Å². The molecule has 0 radical (unpaired) electrons. The first-order valence-corrected chi connectivity index (χ1v) is 9.92. The number of benzene rings is 2. The highest BCUT2D eigenvalue weighted by Crippen LogP contribution is 2.28. The number of rotatable bonds is 10. The summed E-state index contributed by atoms with van der Waals surface area (Å²) in [5.74, 6) is 0.210. The second kappa shape index (κ2) is 11.7. The minimum atomic E-state index is -0.415. The van der Waals surface area contributed by atoms with Gasteiger partial charge in [-0.2, -0.15) is 0 Å². The topological polar surface area (TPSA) is 64.6 Å². The van der Waals surface area contributed by atoms with Gasteiger partial charge in [-0.05, 0) is 54.2 Å². The van der Waals surface area contributed by atoms with Gasteiger partial charge in [-0.15, -0.1) is 0 Å². The molecule has 5 heteroatoms. The van der Waals surface area contributed by atoms with E-state index in [0.717, 1.165) is 18.4 Å². The maximum absolute atomic E-state index is 12.0. The second-order valence-electron chi connectivity index (χ2n) is 6.80. The van der Waals surface area contributed by atoms with E-state index in [1.165, 1.54) is 44.1 Å². The molecule has 0 aliphatic carbocycles. The normalized spacial score (nSPS) is 10.7. The van der Waals surface area contributed by atoms with Gasteiger partial charge in [-0.1, -0.05) is 43.7 Å². The Bertz CT molecular complexity index is 840. The van der Waals surface area contributed by atoms with E-state index in [1.54, 1.807) is 24.3 Å². The van der Waals surface area contributed by atoms with Gasteiger partial charge in [0.2, 0.25) is 5.91 Å². The average molecular weight is 395 g/mol. The molecule has 5 nitrogen and oxygen atoms in total. The fourth-order valence-electron chi connectivity index (χ4n) is 2.84. The number of unbranched alkanes of at least 4 members (excludes halogenated alkanes) is 1. The maximum atomic E-state index is 12.0. The van der Waals surface area contributed by atoms with E-state index < -0.39 is 5.97 Å². The van der Waals surface area contributed by atoms with Crippen molar-refractivity contribution < 1.29 is 19.1 Å². The van der Waals surface area contributed by atoms with Crippen LogP contribution >= 0.6 is 0 Å². The quantitative estimate of drug-likeness (QED) is 0.369. The van der Waals surface area contributed by atoms with E-state index in [0.29, 0.717) is 18.0 Å². The van der Waals surface area contributed by atoms with Crippen molar-refractivity contribution in [3.05, 3.63) is 65.2 Å². The molecule has 29 heavy (non-hydrogen) atoms. The van der Waals surface area contributed by atoms with Gasteiger partial charge in [0.25, 0.3) is 0 Å². The molecule has 1 N–H and O–H groups in total. The lowest BCUT2D eigenvalue weighted by Crippen LogP contribution is -2.23. The molecule has 0 heterocycles. The first-order chi connectivity index (χ1) is 14.0. The Morgan fingerprint density at radius 2 is 1.69 bits per heavy atom. The summed E-state index contributed by atoms with van der Waals surface area (Å²) in [7, 11) is 1.50. The molecule has 2 aromatic carbocycles. The number of hydrogen-bond donors (Lipinski definition) is 1. The van der Waals surface area contributed by atoms with E-state index in [4.69, 9.17) is 9.47 Å². The molecule has 154 valence electrons. The van der Waals surface area contributed by atoms with Gasteiger partial charge in [-0.25, -0.2) is 0 Å². The van der Waals surface area contributed by atoms with Crippen molar-refractivity contribution in [3.63, 3.8) is 0 Å². The number of carbonyl (C=O) groups excluding carboxylic acids is 2. The summed E-state index contributed by atoms with van der Waals surface area (Å²) in [5.41, 5.74) is 3.34. The van der Waals surface area contributed by atoms with Crippen molar-refractivity contribution >= 4 is 18.0 Å². The summed E-state index contributed by atoms with van der Waals surface area (Å²) < 4.78 is 10.3. The Morgan fingerprint density at radius 1 is 1.00 bits per heavy atom. The van der Waals surface area contributed by atoms with Gasteiger partial charge >= 0.3 is 5.97 Å². The Kier molecular flexibility index (Phi) is 8.96. The van der Waals surface area contributed by atoms with Gasteiger partial charge in [-0.3, -0.25) is 9.59 Å². The highest BCUT2D eigenvalue weighted by Gasteiger charge is 2.07. The molecule has 0 saturated carbocycles. The molecule has 0 unspecified atom stereocenters. The van der Waals surface area contributed by atoms with Gasteiger partial charge in [0.05, 0.1) is 7.11 Å². The third kappa shape index (κ3) is 7.82. The molecule has 2 rings (SSSR count). The largest absolute Gasteiger partial charge is 0.493 e. The molecular formula is C24H29NO4. The molecule has 0 aliphatic rings. The predicted molar refractivity (Wildman–Crippen MR) is 115 cm³/mol. The van der Waals surface area contributed by atoms with Crippen LogP contribution in [0.15, 0.2) is 48.5 Å². The number of ether oxygens (including phenoxy) is 2. The van der Waals surface area contributed by atoms with Crippen molar-refractivity contribution in [1.29, 1.82) is 0 Å². The van der Waals surface area contributed by atoms with Crippen LogP contribution in [0.2, 0.25) is 0 Å². The Labute approximate surface area is 172 Å². The van der Waals surface area contributed by atoms with E-state index in [1.807, 2.05) is 0 Å². The third-order valence-electron chi connectivity index (χ3n) is 4.42. The van der Waals surface area contributed by atoms with Crippen molar-refractivity contribution in [2.75, 3.05) is 13.7 Å². The minimum Gasteiger partial charge on any atom is -0.493 e. The smallest absolute Gasteiger partial charge is 0.308 e. The molecule has 0 bridgehead atoms. The van der Waals surface area contributed by atoms with Crippen molar-refractivity contribution in [3.8, 4) is 11.5 Å². The highest BCUT2D eigenvalue weighted by molar-refractivity contribution is 5.91. The van der Waals surface area contributed by atoms with E-state index in [-0.39, 0.29) is 5.91 Å². The third-order valence-corrected chi connectivity index (χ3v) is 4.42. The van der Waals surface area contributed by atoms with Crippen LogP contribution in [0, 0.1) is 0 Å². The summed E-state index contributed by atoms with van der Waals surface area (Å²) in [5, 5.41) is 2.89. The summed E-state index contributed by atoms with van der Waals surface area (Å²) in [6.07, 6.45) is 7.49. The first-order valence-electron chi connectivity index (χ1n) is 9.92. The zero-order valence-electron chi connectivity index (χ0n) is 17.4. The zero-order valence-corrected chi connectivity index (χ0v) is 17.4. The number of nitrogens with one attached hydrogen (secondary N) is 1. The number of aryl methyl sites for hydroxylation is 1. The van der Waals surface area contributed by atoms with Gasteiger partial charge in [0.1, 0.15) is 0 Å². The fourth-order valence-corrected chi connectivity index (χ4v) is 2.84.